The van der Waals surface area contributed by atoms with E-state index >= 15 is 0 Å². The van der Waals surface area contributed by atoms with Crippen LogP contribution in [0.1, 0.15) is 44.1 Å². The largest absolute Gasteiger partial charge is 0.370 e. The maximum atomic E-state index is 11.9. The Balaban J connectivity index is 2.45. The fourth-order valence-corrected chi connectivity index (χ4v) is 2.68. The van der Waals surface area contributed by atoms with E-state index < -0.39 is 0 Å². The molecule has 1 N–H and O–H groups in total. The summed E-state index contributed by atoms with van der Waals surface area (Å²) >= 11 is 2.07. The molecule has 0 aromatic carbocycles. The normalized spacial score (nSPS) is 17.8. The van der Waals surface area contributed by atoms with Crippen molar-refractivity contribution in [1.82, 2.24) is 9.97 Å². The number of aryl methyl sites for hydroxylation is 1. The van der Waals surface area contributed by atoms with Crippen molar-refractivity contribution in [3.63, 3.8) is 0 Å². The van der Waals surface area contributed by atoms with Gasteiger partial charge < -0.3 is 9.72 Å². The summed E-state index contributed by atoms with van der Waals surface area (Å²) in [6, 6.07) is 0. The molecular formula is C12H17IN2O2. The Morgan fingerprint density at radius 1 is 1.53 bits per heavy atom. The van der Waals surface area contributed by atoms with Crippen molar-refractivity contribution in [3.05, 3.63) is 25.4 Å². The van der Waals surface area contributed by atoms with Crippen LogP contribution < -0.4 is 5.56 Å². The zero-order valence-corrected chi connectivity index (χ0v) is 12.3. The van der Waals surface area contributed by atoms with Gasteiger partial charge in [-0.15, -0.1) is 0 Å². The number of aromatic amines is 1. The van der Waals surface area contributed by atoms with E-state index in [-0.39, 0.29) is 11.2 Å². The lowest BCUT2D eigenvalue weighted by atomic mass is 9.79. The fourth-order valence-electron chi connectivity index (χ4n) is 2.16. The topological polar surface area (TPSA) is 55.0 Å². The maximum absolute atomic E-state index is 11.9. The Morgan fingerprint density at radius 3 is 2.71 bits per heavy atom. The highest BCUT2D eigenvalue weighted by Crippen LogP contribution is 2.42. The van der Waals surface area contributed by atoms with Crippen molar-refractivity contribution < 1.29 is 4.74 Å². The van der Waals surface area contributed by atoms with Crippen LogP contribution in [-0.4, -0.2) is 17.1 Å². The minimum absolute atomic E-state index is 0.0395. The van der Waals surface area contributed by atoms with E-state index in [4.69, 9.17) is 4.74 Å². The van der Waals surface area contributed by atoms with Crippen LogP contribution in [-0.2, 0) is 16.8 Å². The molecule has 1 aromatic rings. The maximum Gasteiger partial charge on any atom is 0.264 e. The summed E-state index contributed by atoms with van der Waals surface area (Å²) in [6.07, 6.45) is 4.85. The van der Waals surface area contributed by atoms with Crippen molar-refractivity contribution in [2.24, 2.45) is 0 Å². The lowest BCUT2D eigenvalue weighted by Gasteiger charge is -2.39. The van der Waals surface area contributed by atoms with Crippen LogP contribution in [0.3, 0.4) is 0 Å². The van der Waals surface area contributed by atoms with Gasteiger partial charge in [-0.1, -0.05) is 13.3 Å². The van der Waals surface area contributed by atoms with E-state index in [0.717, 1.165) is 37.8 Å². The van der Waals surface area contributed by atoms with E-state index in [1.54, 1.807) is 7.11 Å². The number of rotatable bonds is 4. The van der Waals surface area contributed by atoms with Gasteiger partial charge in [0.25, 0.3) is 5.56 Å². The monoisotopic (exact) mass is 348 g/mol. The van der Waals surface area contributed by atoms with Crippen molar-refractivity contribution >= 4 is 22.6 Å². The minimum Gasteiger partial charge on any atom is -0.370 e. The lowest BCUT2D eigenvalue weighted by molar-refractivity contribution is -0.0849. The van der Waals surface area contributed by atoms with Crippen LogP contribution >= 0.6 is 22.6 Å². The van der Waals surface area contributed by atoms with Gasteiger partial charge in [0.15, 0.2) is 0 Å². The molecule has 2 rings (SSSR count). The van der Waals surface area contributed by atoms with Gasteiger partial charge in [-0.05, 0) is 48.3 Å². The molecule has 5 heteroatoms. The third-order valence-corrected chi connectivity index (χ3v) is 4.51. The van der Waals surface area contributed by atoms with Crippen LogP contribution in [0.15, 0.2) is 4.79 Å². The van der Waals surface area contributed by atoms with Crippen LogP contribution in [0.4, 0.5) is 0 Å². The second-order valence-electron chi connectivity index (χ2n) is 4.48. The summed E-state index contributed by atoms with van der Waals surface area (Å²) < 4.78 is 6.26. The molecule has 0 spiro atoms. The highest BCUT2D eigenvalue weighted by molar-refractivity contribution is 14.1. The van der Waals surface area contributed by atoms with E-state index in [1.165, 1.54) is 0 Å². The zero-order chi connectivity index (χ0) is 12.5. The van der Waals surface area contributed by atoms with Crippen LogP contribution in [0.5, 0.6) is 0 Å². The van der Waals surface area contributed by atoms with Crippen LogP contribution in [0.25, 0.3) is 0 Å². The number of aromatic nitrogens is 2. The molecule has 1 saturated carbocycles. The molecule has 4 nitrogen and oxygen atoms in total. The van der Waals surface area contributed by atoms with Gasteiger partial charge in [0.2, 0.25) is 0 Å². The number of methoxy groups -OCH3 is 1. The lowest BCUT2D eigenvalue weighted by Crippen LogP contribution is -2.40. The molecule has 1 fully saturated rings. The van der Waals surface area contributed by atoms with Gasteiger partial charge in [0, 0.05) is 7.11 Å². The fraction of sp³-hybridized carbons (Fsp3) is 0.667. The number of H-pyrrole nitrogens is 1. The minimum atomic E-state index is -0.341. The Morgan fingerprint density at radius 2 is 2.24 bits per heavy atom. The first-order valence-electron chi connectivity index (χ1n) is 5.97. The van der Waals surface area contributed by atoms with Crippen LogP contribution in [0, 0.1) is 3.57 Å². The molecule has 1 heterocycles. The molecule has 0 bridgehead atoms. The summed E-state index contributed by atoms with van der Waals surface area (Å²) in [6.45, 7) is 2.09. The number of nitrogens with one attached hydrogen (secondary N) is 1. The highest BCUT2D eigenvalue weighted by atomic mass is 127. The molecule has 1 aliphatic carbocycles. The van der Waals surface area contributed by atoms with E-state index in [0.29, 0.717) is 9.39 Å². The molecule has 0 aliphatic heterocycles. The Bertz CT molecular complexity index is 461. The molecule has 0 unspecified atom stereocenters. The van der Waals surface area contributed by atoms with E-state index in [9.17, 15) is 4.79 Å². The van der Waals surface area contributed by atoms with Gasteiger partial charge in [0.05, 0.1) is 9.26 Å². The molecule has 17 heavy (non-hydrogen) atoms. The first kappa shape index (κ1) is 13.0. The standard InChI is InChI=1S/C12H17IN2O2/c1-3-5-8-9(13)10(16)15-11(14-8)12(17-2)6-4-7-12/h3-7H2,1-2H3,(H,14,15,16). The van der Waals surface area contributed by atoms with Crippen LogP contribution in [0.2, 0.25) is 0 Å². The third kappa shape index (κ3) is 2.27. The summed E-state index contributed by atoms with van der Waals surface area (Å²) in [5.74, 6) is 0.708. The predicted octanol–water partition coefficient (Wildman–Crippen LogP) is 2.35. The summed E-state index contributed by atoms with van der Waals surface area (Å²) in [7, 11) is 1.69. The molecule has 0 radical (unpaired) electrons. The average molecular weight is 348 g/mol. The smallest absolute Gasteiger partial charge is 0.264 e. The second kappa shape index (κ2) is 5.06. The Labute approximate surface area is 114 Å². The van der Waals surface area contributed by atoms with Crippen molar-refractivity contribution in [1.29, 1.82) is 0 Å². The first-order valence-corrected chi connectivity index (χ1v) is 7.05. The quantitative estimate of drug-likeness (QED) is 0.850. The van der Waals surface area contributed by atoms with E-state index in [1.807, 2.05) is 0 Å². The van der Waals surface area contributed by atoms with Gasteiger partial charge in [-0.3, -0.25) is 4.79 Å². The van der Waals surface area contributed by atoms with Gasteiger partial charge in [0.1, 0.15) is 11.4 Å². The van der Waals surface area contributed by atoms with Crippen molar-refractivity contribution in [3.8, 4) is 0 Å². The summed E-state index contributed by atoms with van der Waals surface area (Å²) in [5.41, 5.74) is 0.518. The average Bonchev–Trinajstić information content (AvgIpc) is 2.24. The Kier molecular flexibility index (Phi) is 3.87. The number of nitrogens with zero attached hydrogens (tertiary/aromatic N) is 1. The molecule has 94 valence electrons. The highest BCUT2D eigenvalue weighted by Gasteiger charge is 2.41. The van der Waals surface area contributed by atoms with Gasteiger partial charge in [-0.2, -0.15) is 0 Å². The molecule has 0 amide bonds. The molecule has 1 aromatic heterocycles. The SMILES string of the molecule is CCCc1nc(C2(OC)CCC2)[nH]c(=O)c1I. The summed E-state index contributed by atoms with van der Waals surface area (Å²) in [4.78, 5) is 19.3. The second-order valence-corrected chi connectivity index (χ2v) is 5.56. The first-order chi connectivity index (χ1) is 8.13. The predicted molar refractivity (Wildman–Crippen MR) is 74.1 cm³/mol. The summed E-state index contributed by atoms with van der Waals surface area (Å²) in [5, 5.41) is 0. The third-order valence-electron chi connectivity index (χ3n) is 3.40. The van der Waals surface area contributed by atoms with Gasteiger partial charge >= 0.3 is 0 Å². The molecule has 1 aliphatic rings. The zero-order valence-electron chi connectivity index (χ0n) is 10.2. The molecular weight excluding hydrogens is 331 g/mol. The Hall–Kier alpha value is -0.430. The molecule has 0 saturated heterocycles. The van der Waals surface area contributed by atoms with E-state index in [2.05, 4.69) is 39.5 Å². The van der Waals surface area contributed by atoms with Crippen molar-refractivity contribution in [2.45, 2.75) is 44.6 Å². The van der Waals surface area contributed by atoms with Crippen molar-refractivity contribution in [2.75, 3.05) is 7.11 Å². The number of hydrogen-bond acceptors (Lipinski definition) is 3. The number of halogens is 1. The van der Waals surface area contributed by atoms with Gasteiger partial charge in [-0.25, -0.2) is 4.98 Å². The number of hydrogen-bond donors (Lipinski definition) is 1. The molecule has 0 atom stereocenters. The number of ether oxygens (including phenoxy) is 1.